The van der Waals surface area contributed by atoms with Gasteiger partial charge < -0.3 is 9.84 Å². The van der Waals surface area contributed by atoms with Crippen molar-refractivity contribution in [3.05, 3.63) is 32.4 Å². The van der Waals surface area contributed by atoms with Gasteiger partial charge in [0, 0.05) is 28.7 Å². The van der Waals surface area contributed by atoms with Crippen LogP contribution < -0.4 is 4.74 Å². The number of nitro benzene ring substituents is 1. The normalized spacial score (nSPS) is 21.6. The van der Waals surface area contributed by atoms with Crippen LogP contribution >= 0.6 is 0 Å². The quantitative estimate of drug-likeness (QED) is 0.646. The molecule has 0 aromatic heterocycles. The van der Waals surface area contributed by atoms with Crippen molar-refractivity contribution in [2.24, 2.45) is 0 Å². The molecule has 5 heteroatoms. The zero-order valence-electron chi connectivity index (χ0n) is 11.0. The summed E-state index contributed by atoms with van der Waals surface area (Å²) < 4.78 is 5.80. The molecule has 0 saturated heterocycles. The molecule has 1 aromatic carbocycles. The molecule has 1 unspecified atom stereocenters. The van der Waals surface area contributed by atoms with Crippen molar-refractivity contribution >= 4 is 5.69 Å². The van der Waals surface area contributed by atoms with Gasteiger partial charge in [0.05, 0.1) is 11.5 Å². The van der Waals surface area contributed by atoms with E-state index in [2.05, 4.69) is 0 Å². The fourth-order valence-corrected chi connectivity index (χ4v) is 2.54. The molecule has 0 amide bonds. The minimum Gasteiger partial charge on any atom is -0.484 e. The fraction of sp³-hybridized carbons (Fsp3) is 0.538. The smallest absolute Gasteiger partial charge is 0.275 e. The van der Waals surface area contributed by atoms with Crippen LogP contribution in [0.2, 0.25) is 0 Å². The fourth-order valence-electron chi connectivity index (χ4n) is 2.54. The second-order valence-corrected chi connectivity index (χ2v) is 5.18. The van der Waals surface area contributed by atoms with Gasteiger partial charge in [-0.05, 0) is 27.7 Å². The number of aliphatic hydroxyl groups excluding tert-OH is 1. The van der Waals surface area contributed by atoms with E-state index in [0.29, 0.717) is 23.3 Å². The molecule has 0 aliphatic carbocycles. The highest BCUT2D eigenvalue weighted by molar-refractivity contribution is 5.63. The Bertz CT molecular complexity index is 539. The van der Waals surface area contributed by atoms with Gasteiger partial charge in [-0.1, -0.05) is 0 Å². The van der Waals surface area contributed by atoms with Crippen molar-refractivity contribution in [1.82, 2.24) is 0 Å². The lowest BCUT2D eigenvalue weighted by Gasteiger charge is -2.21. The Labute approximate surface area is 106 Å². The lowest BCUT2D eigenvalue weighted by molar-refractivity contribution is -0.386. The maximum absolute atomic E-state index is 11.1. The molecule has 0 radical (unpaired) electrons. The number of hydrogen-bond acceptors (Lipinski definition) is 4. The molecule has 1 N–H and O–H groups in total. The number of nitrogens with zero attached hydrogens (tertiary/aromatic N) is 1. The number of ether oxygens (including phenoxy) is 1. The van der Waals surface area contributed by atoms with E-state index in [9.17, 15) is 15.2 Å². The highest BCUT2D eigenvalue weighted by atomic mass is 16.6. The number of hydrogen-bond donors (Lipinski definition) is 1. The Morgan fingerprint density at radius 2 is 1.94 bits per heavy atom. The van der Waals surface area contributed by atoms with Gasteiger partial charge in [0.25, 0.3) is 5.69 Å². The zero-order valence-corrected chi connectivity index (χ0v) is 11.0. The second-order valence-electron chi connectivity index (χ2n) is 5.18. The molecule has 2 rings (SSSR count). The largest absolute Gasteiger partial charge is 0.484 e. The Morgan fingerprint density at radius 3 is 2.44 bits per heavy atom. The molecule has 0 saturated carbocycles. The van der Waals surface area contributed by atoms with Crippen LogP contribution in [0.4, 0.5) is 5.69 Å². The summed E-state index contributed by atoms with van der Waals surface area (Å²) in [5.74, 6) is 0.701. The minimum atomic E-state index is -0.667. The lowest BCUT2D eigenvalue weighted by atomic mass is 9.92. The maximum atomic E-state index is 11.1. The summed E-state index contributed by atoms with van der Waals surface area (Å²) in [6.07, 6.45) is 0.507. The molecule has 1 aromatic rings. The van der Waals surface area contributed by atoms with Gasteiger partial charge in [0.1, 0.15) is 11.4 Å². The number of fused-ring (bicyclic) bond motifs is 1. The highest BCUT2D eigenvalue weighted by Gasteiger charge is 2.39. The first kappa shape index (κ1) is 12.8. The van der Waals surface area contributed by atoms with Crippen LogP contribution in [0.1, 0.15) is 29.2 Å². The molecule has 18 heavy (non-hydrogen) atoms. The van der Waals surface area contributed by atoms with Crippen LogP contribution in [-0.4, -0.2) is 22.2 Å². The molecule has 1 aliphatic rings. The molecule has 0 spiro atoms. The third-order valence-corrected chi connectivity index (χ3v) is 3.76. The minimum absolute atomic E-state index is 0.104. The van der Waals surface area contributed by atoms with Gasteiger partial charge in [-0.2, -0.15) is 0 Å². The summed E-state index contributed by atoms with van der Waals surface area (Å²) in [4.78, 5) is 10.8. The van der Waals surface area contributed by atoms with Gasteiger partial charge in [0.2, 0.25) is 0 Å². The number of benzene rings is 1. The van der Waals surface area contributed by atoms with E-state index in [1.54, 1.807) is 13.8 Å². The van der Waals surface area contributed by atoms with E-state index in [0.717, 1.165) is 11.1 Å². The highest BCUT2D eigenvalue weighted by Crippen LogP contribution is 2.44. The van der Waals surface area contributed by atoms with Gasteiger partial charge in [-0.15, -0.1) is 0 Å². The van der Waals surface area contributed by atoms with Gasteiger partial charge in [0.15, 0.2) is 0 Å². The van der Waals surface area contributed by atoms with Crippen LogP contribution in [0.3, 0.4) is 0 Å². The van der Waals surface area contributed by atoms with Gasteiger partial charge in [-0.25, -0.2) is 0 Å². The van der Waals surface area contributed by atoms with Crippen LogP contribution in [0.15, 0.2) is 0 Å². The molecular weight excluding hydrogens is 234 g/mol. The Hall–Kier alpha value is -1.62. The van der Waals surface area contributed by atoms with Crippen molar-refractivity contribution in [1.29, 1.82) is 0 Å². The van der Waals surface area contributed by atoms with E-state index in [1.165, 1.54) is 0 Å². The first-order valence-corrected chi connectivity index (χ1v) is 5.87. The monoisotopic (exact) mass is 251 g/mol. The Morgan fingerprint density at radius 1 is 1.33 bits per heavy atom. The van der Waals surface area contributed by atoms with Crippen LogP contribution in [-0.2, 0) is 6.42 Å². The van der Waals surface area contributed by atoms with Gasteiger partial charge in [-0.3, -0.25) is 10.1 Å². The number of rotatable bonds is 2. The van der Waals surface area contributed by atoms with E-state index >= 15 is 0 Å². The number of aliphatic hydroxyl groups is 1. The topological polar surface area (TPSA) is 72.6 Å². The number of nitro groups is 1. The predicted molar refractivity (Wildman–Crippen MR) is 67.1 cm³/mol. The SMILES string of the molecule is Cc1c(C)c([N+](=O)[O-])c(C)c2c1OC(C)(CO)C2. The summed E-state index contributed by atoms with van der Waals surface area (Å²) in [5.41, 5.74) is 2.42. The van der Waals surface area contributed by atoms with Crippen LogP contribution in [0.5, 0.6) is 5.75 Å². The third kappa shape index (κ3) is 1.66. The summed E-state index contributed by atoms with van der Waals surface area (Å²) in [6, 6.07) is 0. The van der Waals surface area contributed by atoms with Gasteiger partial charge >= 0.3 is 0 Å². The summed E-state index contributed by atoms with van der Waals surface area (Å²) in [5, 5.41) is 20.5. The molecule has 1 aliphatic heterocycles. The van der Waals surface area contributed by atoms with Crippen LogP contribution in [0.25, 0.3) is 0 Å². The van der Waals surface area contributed by atoms with E-state index in [-0.39, 0.29) is 17.2 Å². The molecular formula is C13H17NO4. The molecule has 98 valence electrons. The average molecular weight is 251 g/mol. The van der Waals surface area contributed by atoms with Crippen molar-refractivity contribution in [3.63, 3.8) is 0 Å². The lowest BCUT2D eigenvalue weighted by Crippen LogP contribution is -2.34. The molecule has 0 bridgehead atoms. The van der Waals surface area contributed by atoms with E-state index in [1.807, 2.05) is 13.8 Å². The van der Waals surface area contributed by atoms with Crippen molar-refractivity contribution in [3.8, 4) is 5.75 Å². The average Bonchev–Trinajstić information content (AvgIpc) is 2.66. The summed E-state index contributed by atoms with van der Waals surface area (Å²) in [6.45, 7) is 7.01. The van der Waals surface area contributed by atoms with Crippen molar-refractivity contribution < 1.29 is 14.8 Å². The maximum Gasteiger partial charge on any atom is 0.275 e. The second kappa shape index (κ2) is 3.95. The summed E-state index contributed by atoms with van der Waals surface area (Å²) in [7, 11) is 0. The van der Waals surface area contributed by atoms with Crippen molar-refractivity contribution in [2.45, 2.75) is 39.7 Å². The van der Waals surface area contributed by atoms with Crippen molar-refractivity contribution in [2.75, 3.05) is 6.61 Å². The molecule has 0 fully saturated rings. The van der Waals surface area contributed by atoms with E-state index in [4.69, 9.17) is 4.74 Å². The molecule has 1 atom stereocenters. The standard InChI is InChI=1S/C13H17NO4/c1-7-8(2)12-10(5-13(4,6-15)18-12)9(3)11(7)14(16)17/h15H,5-6H2,1-4H3. The zero-order chi connectivity index (χ0) is 13.7. The first-order valence-electron chi connectivity index (χ1n) is 5.87. The third-order valence-electron chi connectivity index (χ3n) is 3.76. The first-order chi connectivity index (χ1) is 8.30. The Kier molecular flexibility index (Phi) is 2.81. The summed E-state index contributed by atoms with van der Waals surface area (Å²) >= 11 is 0. The Balaban J connectivity index is 2.68. The molecule has 1 heterocycles. The molecule has 5 nitrogen and oxygen atoms in total. The van der Waals surface area contributed by atoms with Crippen LogP contribution in [0, 0.1) is 30.9 Å². The predicted octanol–water partition coefficient (Wildman–Crippen LogP) is 2.21. The van der Waals surface area contributed by atoms with E-state index < -0.39 is 5.60 Å².